The molecule has 2 heterocycles. The van der Waals surface area contributed by atoms with Gasteiger partial charge in [0.1, 0.15) is 5.69 Å². The normalized spacial score (nSPS) is 21.8. The first-order valence-electron chi connectivity index (χ1n) is 7.40. The van der Waals surface area contributed by atoms with Crippen LogP contribution in [0, 0.1) is 16.0 Å². The summed E-state index contributed by atoms with van der Waals surface area (Å²) in [6, 6.07) is 1.68. The lowest BCUT2D eigenvalue weighted by Crippen LogP contribution is -2.31. The Bertz CT molecular complexity index is 565. The largest absolute Gasteiger partial charge is 0.337 e. The molecular weight excluding hydrogens is 272 g/mol. The monoisotopic (exact) mass is 292 g/mol. The average molecular weight is 292 g/mol. The number of nitro groups is 1. The smallest absolute Gasteiger partial charge is 0.287 e. The molecule has 2 fully saturated rings. The van der Waals surface area contributed by atoms with Crippen molar-refractivity contribution in [3.8, 4) is 0 Å². The van der Waals surface area contributed by atoms with Gasteiger partial charge in [-0.15, -0.1) is 0 Å². The van der Waals surface area contributed by atoms with Crippen molar-refractivity contribution >= 4 is 11.6 Å². The third kappa shape index (κ3) is 2.78. The summed E-state index contributed by atoms with van der Waals surface area (Å²) in [6.07, 6.45) is 4.48. The zero-order chi connectivity index (χ0) is 15.0. The molecule has 1 saturated heterocycles. The molecule has 1 N–H and O–H groups in total. The van der Waals surface area contributed by atoms with E-state index in [2.05, 4.69) is 5.32 Å². The van der Waals surface area contributed by atoms with E-state index in [4.69, 9.17) is 0 Å². The first kappa shape index (κ1) is 14.1. The summed E-state index contributed by atoms with van der Waals surface area (Å²) in [5, 5.41) is 14.1. The number of nitrogens with zero attached hydrogens (tertiary/aromatic N) is 3. The number of likely N-dealkylation sites (tertiary alicyclic amines) is 1. The second-order valence-corrected chi connectivity index (χ2v) is 5.94. The molecule has 114 valence electrons. The summed E-state index contributed by atoms with van der Waals surface area (Å²) in [5.41, 5.74) is 0.477. The third-order valence-electron chi connectivity index (χ3n) is 4.27. The highest BCUT2D eigenvalue weighted by Gasteiger charge is 2.34. The molecule has 1 aliphatic carbocycles. The summed E-state index contributed by atoms with van der Waals surface area (Å²) in [4.78, 5) is 25.0. The Labute approximate surface area is 123 Å². The van der Waals surface area contributed by atoms with Crippen LogP contribution in [0.25, 0.3) is 0 Å². The van der Waals surface area contributed by atoms with Gasteiger partial charge in [0.2, 0.25) is 0 Å². The number of carbonyl (C=O) groups is 1. The molecule has 1 aromatic rings. The maximum absolute atomic E-state index is 12.6. The average Bonchev–Trinajstić information content (AvgIpc) is 3.02. The first-order chi connectivity index (χ1) is 10.1. The van der Waals surface area contributed by atoms with Crippen molar-refractivity contribution in [3.05, 3.63) is 28.1 Å². The molecule has 3 rings (SSSR count). The van der Waals surface area contributed by atoms with E-state index in [0.717, 1.165) is 38.9 Å². The Morgan fingerprint density at radius 1 is 1.48 bits per heavy atom. The van der Waals surface area contributed by atoms with Gasteiger partial charge in [-0.1, -0.05) is 0 Å². The number of aromatic nitrogens is 1. The van der Waals surface area contributed by atoms with E-state index in [1.54, 1.807) is 4.57 Å². The molecule has 21 heavy (non-hydrogen) atoms. The van der Waals surface area contributed by atoms with Gasteiger partial charge >= 0.3 is 0 Å². The van der Waals surface area contributed by atoms with Gasteiger partial charge in [-0.3, -0.25) is 14.9 Å². The predicted octanol–water partition coefficient (Wildman–Crippen LogP) is 1.41. The molecule has 0 radical (unpaired) electrons. The van der Waals surface area contributed by atoms with Crippen LogP contribution >= 0.6 is 0 Å². The van der Waals surface area contributed by atoms with Crippen LogP contribution in [-0.2, 0) is 0 Å². The maximum Gasteiger partial charge on any atom is 0.287 e. The molecule has 1 amide bonds. The molecular formula is C14H20N4O3. The summed E-state index contributed by atoms with van der Waals surface area (Å²) >= 11 is 0. The zero-order valence-corrected chi connectivity index (χ0v) is 12.1. The van der Waals surface area contributed by atoms with Crippen LogP contribution in [0.4, 0.5) is 5.69 Å². The van der Waals surface area contributed by atoms with Crippen LogP contribution in [0.3, 0.4) is 0 Å². The van der Waals surface area contributed by atoms with Gasteiger partial charge in [-0.05, 0) is 38.8 Å². The van der Waals surface area contributed by atoms with Crippen LogP contribution in [0.2, 0.25) is 0 Å². The highest BCUT2D eigenvalue weighted by atomic mass is 16.6. The third-order valence-corrected chi connectivity index (χ3v) is 4.27. The Hall–Kier alpha value is -1.89. The highest BCUT2D eigenvalue weighted by molar-refractivity contribution is 5.94. The lowest BCUT2D eigenvalue weighted by molar-refractivity contribution is -0.384. The Morgan fingerprint density at radius 2 is 2.24 bits per heavy atom. The standard InChI is InChI=1S/C14H20N4O3/c1-15-7-10-4-5-16(8-10)14(19)13-6-12(18(20)21)9-17(13)11-2-3-11/h6,9-11,15H,2-5,7-8H2,1H3. The second-order valence-electron chi connectivity index (χ2n) is 5.94. The number of rotatable bonds is 5. The van der Waals surface area contributed by atoms with Gasteiger partial charge in [-0.2, -0.15) is 0 Å². The van der Waals surface area contributed by atoms with Crippen molar-refractivity contribution in [2.24, 2.45) is 5.92 Å². The molecule has 1 atom stereocenters. The van der Waals surface area contributed by atoms with Crippen LogP contribution < -0.4 is 5.32 Å². The van der Waals surface area contributed by atoms with E-state index in [9.17, 15) is 14.9 Å². The second kappa shape index (κ2) is 5.48. The van der Waals surface area contributed by atoms with Crippen molar-refractivity contribution in [3.63, 3.8) is 0 Å². The predicted molar refractivity (Wildman–Crippen MR) is 77.3 cm³/mol. The van der Waals surface area contributed by atoms with Crippen molar-refractivity contribution in [2.75, 3.05) is 26.7 Å². The Balaban J connectivity index is 1.79. The highest BCUT2D eigenvalue weighted by Crippen LogP contribution is 2.38. The van der Waals surface area contributed by atoms with Gasteiger partial charge < -0.3 is 14.8 Å². The van der Waals surface area contributed by atoms with Gasteiger partial charge in [0.15, 0.2) is 0 Å². The van der Waals surface area contributed by atoms with Crippen molar-refractivity contribution < 1.29 is 9.72 Å². The van der Waals surface area contributed by atoms with E-state index >= 15 is 0 Å². The minimum atomic E-state index is -0.427. The summed E-state index contributed by atoms with van der Waals surface area (Å²) < 4.78 is 1.80. The minimum absolute atomic E-state index is 0.0104. The zero-order valence-electron chi connectivity index (χ0n) is 12.1. The molecule has 0 aromatic carbocycles. The van der Waals surface area contributed by atoms with Gasteiger partial charge in [-0.25, -0.2) is 0 Å². The molecule has 1 saturated carbocycles. The number of nitrogens with one attached hydrogen (secondary N) is 1. The minimum Gasteiger partial charge on any atom is -0.337 e. The number of carbonyl (C=O) groups excluding carboxylic acids is 1. The molecule has 7 nitrogen and oxygen atoms in total. The molecule has 0 spiro atoms. The molecule has 2 aliphatic rings. The fraction of sp³-hybridized carbons (Fsp3) is 0.643. The summed E-state index contributed by atoms with van der Waals surface area (Å²) in [7, 11) is 1.91. The van der Waals surface area contributed by atoms with E-state index in [1.165, 1.54) is 12.3 Å². The summed E-state index contributed by atoms with van der Waals surface area (Å²) in [6.45, 7) is 2.35. The molecule has 1 aliphatic heterocycles. The Kier molecular flexibility index (Phi) is 3.67. The molecule has 1 unspecified atom stereocenters. The van der Waals surface area contributed by atoms with E-state index in [0.29, 0.717) is 11.6 Å². The number of hydrogen-bond donors (Lipinski definition) is 1. The van der Waals surface area contributed by atoms with Crippen LogP contribution in [0.1, 0.15) is 35.8 Å². The molecule has 1 aromatic heterocycles. The topological polar surface area (TPSA) is 80.4 Å². The Morgan fingerprint density at radius 3 is 2.86 bits per heavy atom. The van der Waals surface area contributed by atoms with Crippen LogP contribution in [0.15, 0.2) is 12.3 Å². The lowest BCUT2D eigenvalue weighted by atomic mass is 10.1. The summed E-state index contributed by atoms with van der Waals surface area (Å²) in [5.74, 6) is 0.395. The van der Waals surface area contributed by atoms with Gasteiger partial charge in [0.25, 0.3) is 11.6 Å². The van der Waals surface area contributed by atoms with Crippen molar-refractivity contribution in [1.29, 1.82) is 0 Å². The molecule has 7 heteroatoms. The number of hydrogen-bond acceptors (Lipinski definition) is 4. The van der Waals surface area contributed by atoms with E-state index in [-0.39, 0.29) is 17.6 Å². The fourth-order valence-electron chi connectivity index (χ4n) is 3.03. The fourth-order valence-corrected chi connectivity index (χ4v) is 3.03. The first-order valence-corrected chi connectivity index (χ1v) is 7.40. The van der Waals surface area contributed by atoms with E-state index in [1.807, 2.05) is 11.9 Å². The quantitative estimate of drug-likeness (QED) is 0.657. The lowest BCUT2D eigenvalue weighted by Gasteiger charge is -2.17. The SMILES string of the molecule is CNCC1CCN(C(=O)c2cc([N+](=O)[O-])cn2C2CC2)C1. The van der Waals surface area contributed by atoms with Crippen LogP contribution in [0.5, 0.6) is 0 Å². The number of amides is 1. The van der Waals surface area contributed by atoms with E-state index < -0.39 is 4.92 Å². The van der Waals surface area contributed by atoms with Gasteiger partial charge in [0.05, 0.1) is 11.1 Å². The maximum atomic E-state index is 12.6. The van der Waals surface area contributed by atoms with Crippen molar-refractivity contribution in [2.45, 2.75) is 25.3 Å². The van der Waals surface area contributed by atoms with Gasteiger partial charge in [0, 0.05) is 25.2 Å². The van der Waals surface area contributed by atoms with Crippen LogP contribution in [-0.4, -0.2) is 47.0 Å². The van der Waals surface area contributed by atoms with Crippen molar-refractivity contribution in [1.82, 2.24) is 14.8 Å². The molecule has 0 bridgehead atoms.